The number of halogens is 1. The molecule has 2 N–H and O–H groups in total. The van der Waals surface area contributed by atoms with Gasteiger partial charge in [0.1, 0.15) is 0 Å². The molecule has 30 heavy (non-hydrogen) atoms. The van der Waals surface area contributed by atoms with E-state index in [9.17, 15) is 9.90 Å². The summed E-state index contributed by atoms with van der Waals surface area (Å²) in [5.41, 5.74) is 3.93. The molecule has 2 aliphatic rings. The largest absolute Gasteiger partial charge is 0.391 e. The number of benzene rings is 1. The van der Waals surface area contributed by atoms with Crippen LogP contribution in [0.4, 0.5) is 17.1 Å². The Morgan fingerprint density at radius 2 is 1.97 bits per heavy atom. The summed E-state index contributed by atoms with van der Waals surface area (Å²) >= 11 is 6.46. The van der Waals surface area contributed by atoms with Gasteiger partial charge in [0.25, 0.3) is 5.91 Å². The molecule has 5 rings (SSSR count). The molecule has 1 unspecified atom stereocenters. The summed E-state index contributed by atoms with van der Waals surface area (Å²) in [5, 5.41) is 17.6. The number of aliphatic hydroxyl groups is 1. The van der Waals surface area contributed by atoms with E-state index in [4.69, 9.17) is 11.6 Å². The third-order valence-electron chi connectivity index (χ3n) is 5.93. The van der Waals surface area contributed by atoms with Gasteiger partial charge >= 0.3 is 0 Å². The first-order valence-electron chi connectivity index (χ1n) is 10.3. The van der Waals surface area contributed by atoms with Gasteiger partial charge in [-0.3, -0.25) is 4.79 Å². The van der Waals surface area contributed by atoms with Crippen molar-refractivity contribution in [1.82, 2.24) is 9.61 Å². The highest BCUT2D eigenvalue weighted by Gasteiger charge is 2.22. The second-order valence-electron chi connectivity index (χ2n) is 7.98. The van der Waals surface area contributed by atoms with E-state index >= 15 is 0 Å². The van der Waals surface area contributed by atoms with Crippen molar-refractivity contribution >= 4 is 40.1 Å². The molecule has 0 spiro atoms. The highest BCUT2D eigenvalue weighted by atomic mass is 35.5. The van der Waals surface area contributed by atoms with Gasteiger partial charge in [-0.1, -0.05) is 11.6 Å². The lowest BCUT2D eigenvalue weighted by atomic mass is 10.2. The standard InChI is InChI=1S/C22H24ClN5O2/c23-19-11-15(3-4-20(19)27-9-6-17(29)14-27)25-22(30)18-13-24-28-10-5-16(12-21(18)28)26-7-1-2-8-26/h3-5,10-13,17,29H,1-2,6-9,14H2,(H,25,30). The van der Waals surface area contributed by atoms with Gasteiger partial charge in [-0.05, 0) is 49.6 Å². The Bertz CT molecular complexity index is 1090. The van der Waals surface area contributed by atoms with Crippen molar-refractivity contribution in [3.05, 3.63) is 53.3 Å². The Morgan fingerprint density at radius 1 is 1.13 bits per heavy atom. The van der Waals surface area contributed by atoms with Crippen LogP contribution in [0.5, 0.6) is 0 Å². The van der Waals surface area contributed by atoms with Gasteiger partial charge < -0.3 is 20.2 Å². The normalized spacial score (nSPS) is 19.1. The van der Waals surface area contributed by atoms with E-state index < -0.39 is 0 Å². The number of nitrogens with zero attached hydrogens (tertiary/aromatic N) is 4. The minimum Gasteiger partial charge on any atom is -0.391 e. The molecule has 2 aromatic heterocycles. The molecule has 1 aromatic carbocycles. The lowest BCUT2D eigenvalue weighted by molar-refractivity contribution is 0.102. The highest BCUT2D eigenvalue weighted by Crippen LogP contribution is 2.31. The van der Waals surface area contributed by atoms with Crippen LogP contribution in [0.15, 0.2) is 42.7 Å². The van der Waals surface area contributed by atoms with E-state index in [-0.39, 0.29) is 12.0 Å². The maximum atomic E-state index is 13.0. The lowest BCUT2D eigenvalue weighted by Gasteiger charge is -2.20. The number of pyridine rings is 1. The number of amides is 1. The third kappa shape index (κ3) is 3.59. The molecule has 8 heteroatoms. The van der Waals surface area contributed by atoms with Crippen LogP contribution in [0.3, 0.4) is 0 Å². The van der Waals surface area contributed by atoms with Crippen LogP contribution in [-0.2, 0) is 0 Å². The Hall–Kier alpha value is -2.77. The first kappa shape index (κ1) is 19.2. The number of rotatable bonds is 4. The maximum absolute atomic E-state index is 13.0. The average Bonchev–Trinajstić information content (AvgIpc) is 3.48. The fourth-order valence-corrected chi connectivity index (χ4v) is 4.62. The molecular formula is C22H24ClN5O2. The van der Waals surface area contributed by atoms with Gasteiger partial charge in [0.15, 0.2) is 0 Å². The molecule has 0 aliphatic carbocycles. The summed E-state index contributed by atoms with van der Waals surface area (Å²) < 4.78 is 1.73. The highest BCUT2D eigenvalue weighted by molar-refractivity contribution is 6.33. The molecule has 0 bridgehead atoms. The molecule has 7 nitrogen and oxygen atoms in total. The van der Waals surface area contributed by atoms with Crippen molar-refractivity contribution in [3.63, 3.8) is 0 Å². The molecule has 3 aromatic rings. The number of aromatic nitrogens is 2. The first-order chi connectivity index (χ1) is 14.6. The van der Waals surface area contributed by atoms with Gasteiger partial charge in [0, 0.05) is 43.8 Å². The Morgan fingerprint density at radius 3 is 2.70 bits per heavy atom. The van der Waals surface area contributed by atoms with Crippen LogP contribution < -0.4 is 15.1 Å². The topological polar surface area (TPSA) is 73.1 Å². The van der Waals surface area contributed by atoms with Gasteiger partial charge in [0.05, 0.1) is 34.1 Å². The SMILES string of the molecule is O=C(Nc1ccc(N2CCC(O)C2)c(Cl)c1)c1cnn2ccc(N3CCCC3)cc12. The molecule has 2 saturated heterocycles. The van der Waals surface area contributed by atoms with Crippen molar-refractivity contribution in [1.29, 1.82) is 0 Å². The van der Waals surface area contributed by atoms with Crippen LogP contribution in [0.2, 0.25) is 5.02 Å². The summed E-state index contributed by atoms with van der Waals surface area (Å²) in [6.07, 6.45) is 6.32. The van der Waals surface area contributed by atoms with Crippen molar-refractivity contribution in [2.75, 3.05) is 41.3 Å². The smallest absolute Gasteiger partial charge is 0.259 e. The predicted molar refractivity (Wildman–Crippen MR) is 119 cm³/mol. The molecule has 2 aliphatic heterocycles. The summed E-state index contributed by atoms with van der Waals surface area (Å²) in [5.74, 6) is -0.219. The predicted octanol–water partition coefficient (Wildman–Crippen LogP) is 3.41. The van der Waals surface area contributed by atoms with Crippen LogP contribution >= 0.6 is 11.6 Å². The quantitative estimate of drug-likeness (QED) is 0.670. The van der Waals surface area contributed by atoms with E-state index in [0.717, 1.165) is 42.9 Å². The second-order valence-corrected chi connectivity index (χ2v) is 8.38. The van der Waals surface area contributed by atoms with Crippen LogP contribution in [0, 0.1) is 0 Å². The average molecular weight is 426 g/mol. The van der Waals surface area contributed by atoms with Gasteiger partial charge in [-0.15, -0.1) is 0 Å². The van der Waals surface area contributed by atoms with Crippen LogP contribution in [0.1, 0.15) is 29.6 Å². The molecule has 0 radical (unpaired) electrons. The molecule has 156 valence electrons. The maximum Gasteiger partial charge on any atom is 0.259 e. The van der Waals surface area contributed by atoms with E-state index in [2.05, 4.69) is 20.2 Å². The minimum absolute atomic E-state index is 0.219. The molecule has 1 amide bonds. The number of fused-ring (bicyclic) bond motifs is 1. The van der Waals surface area contributed by atoms with Crippen LogP contribution in [-0.4, -0.2) is 52.9 Å². The molecule has 1 atom stereocenters. The summed E-state index contributed by atoms with van der Waals surface area (Å²) in [6.45, 7) is 3.44. The molecular weight excluding hydrogens is 402 g/mol. The fourth-order valence-electron chi connectivity index (χ4n) is 4.32. The van der Waals surface area contributed by atoms with Crippen molar-refractivity contribution in [3.8, 4) is 0 Å². The number of β-amino-alcohol motifs (C(OH)–C–C–N with tert-alkyl or cyclic N) is 1. The summed E-state index contributed by atoms with van der Waals surface area (Å²) in [6, 6.07) is 9.55. The summed E-state index contributed by atoms with van der Waals surface area (Å²) in [4.78, 5) is 17.3. The molecule has 2 fully saturated rings. The number of hydrogen-bond donors (Lipinski definition) is 2. The molecule has 4 heterocycles. The lowest BCUT2D eigenvalue weighted by Crippen LogP contribution is -2.21. The van der Waals surface area contributed by atoms with E-state index in [1.54, 1.807) is 16.8 Å². The van der Waals surface area contributed by atoms with E-state index in [0.29, 0.717) is 22.8 Å². The zero-order chi connectivity index (χ0) is 20.7. The number of anilines is 3. The van der Waals surface area contributed by atoms with Gasteiger partial charge in [0.2, 0.25) is 0 Å². The van der Waals surface area contributed by atoms with Crippen molar-refractivity contribution < 1.29 is 9.90 Å². The number of aliphatic hydroxyl groups excluding tert-OH is 1. The number of carbonyl (C=O) groups excluding carboxylic acids is 1. The van der Waals surface area contributed by atoms with Crippen LogP contribution in [0.25, 0.3) is 5.52 Å². The van der Waals surface area contributed by atoms with Gasteiger partial charge in [-0.2, -0.15) is 5.10 Å². The van der Waals surface area contributed by atoms with Gasteiger partial charge in [-0.25, -0.2) is 4.52 Å². The first-order valence-corrected chi connectivity index (χ1v) is 10.7. The number of nitrogens with one attached hydrogen (secondary N) is 1. The number of hydrogen-bond acceptors (Lipinski definition) is 5. The summed E-state index contributed by atoms with van der Waals surface area (Å²) in [7, 11) is 0. The second kappa shape index (κ2) is 7.81. The monoisotopic (exact) mass is 425 g/mol. The van der Waals surface area contributed by atoms with E-state index in [1.165, 1.54) is 12.8 Å². The fraction of sp³-hybridized carbons (Fsp3) is 0.364. The minimum atomic E-state index is -0.318. The van der Waals surface area contributed by atoms with E-state index in [1.807, 2.05) is 30.5 Å². The number of carbonyl (C=O) groups is 1. The molecule has 0 saturated carbocycles. The Kier molecular flexibility index (Phi) is 5.00. The zero-order valence-corrected chi connectivity index (χ0v) is 17.3. The Balaban J connectivity index is 1.36. The Labute approximate surface area is 179 Å². The van der Waals surface area contributed by atoms with Crippen molar-refractivity contribution in [2.24, 2.45) is 0 Å². The van der Waals surface area contributed by atoms with Crippen molar-refractivity contribution in [2.45, 2.75) is 25.4 Å². The third-order valence-corrected chi connectivity index (χ3v) is 6.23. The zero-order valence-electron chi connectivity index (χ0n) is 16.6.